The Morgan fingerprint density at radius 1 is 1.19 bits per heavy atom. The molecule has 7 heteroatoms. The summed E-state index contributed by atoms with van der Waals surface area (Å²) in [6.45, 7) is -0.217. The molecule has 2 rings (SSSR count). The van der Waals surface area contributed by atoms with Crippen molar-refractivity contribution in [1.29, 1.82) is 0 Å². The fourth-order valence-electron chi connectivity index (χ4n) is 2.66. The zero-order valence-corrected chi connectivity index (χ0v) is 12.5. The van der Waals surface area contributed by atoms with Crippen LogP contribution in [0.25, 0.3) is 0 Å². The summed E-state index contributed by atoms with van der Waals surface area (Å²) in [5.74, 6) is -0.606. The Balaban J connectivity index is 2.22. The number of aliphatic hydroxyl groups is 1. The van der Waals surface area contributed by atoms with Gasteiger partial charge in [0.2, 0.25) is 15.9 Å². The maximum Gasteiger partial charge on any atom is 0.248 e. The van der Waals surface area contributed by atoms with Crippen molar-refractivity contribution in [3.63, 3.8) is 0 Å². The Kier molecular flexibility index (Phi) is 4.65. The van der Waals surface area contributed by atoms with Crippen LogP contribution in [0.1, 0.15) is 42.5 Å². The second kappa shape index (κ2) is 6.13. The third-order valence-corrected chi connectivity index (χ3v) is 5.51. The molecule has 0 radical (unpaired) electrons. The first kappa shape index (κ1) is 15.9. The summed E-state index contributed by atoms with van der Waals surface area (Å²) >= 11 is 0. The van der Waals surface area contributed by atoms with Gasteiger partial charge < -0.3 is 10.8 Å². The van der Waals surface area contributed by atoms with Crippen LogP contribution in [0.5, 0.6) is 0 Å². The summed E-state index contributed by atoms with van der Waals surface area (Å²) in [6.07, 6.45) is 4.09. The first-order chi connectivity index (χ1) is 9.88. The van der Waals surface area contributed by atoms with Crippen LogP contribution in [0.4, 0.5) is 0 Å². The minimum Gasteiger partial charge on any atom is -0.394 e. The largest absolute Gasteiger partial charge is 0.394 e. The van der Waals surface area contributed by atoms with Crippen molar-refractivity contribution in [2.75, 3.05) is 6.61 Å². The van der Waals surface area contributed by atoms with Gasteiger partial charge in [-0.25, -0.2) is 13.1 Å². The van der Waals surface area contributed by atoms with Crippen molar-refractivity contribution in [3.8, 4) is 0 Å². The molecule has 21 heavy (non-hydrogen) atoms. The molecule has 0 atom stereocenters. The maximum absolute atomic E-state index is 12.4. The Hall–Kier alpha value is -1.44. The van der Waals surface area contributed by atoms with Crippen molar-refractivity contribution in [2.45, 2.75) is 42.5 Å². The number of hydrogen-bond acceptors (Lipinski definition) is 4. The summed E-state index contributed by atoms with van der Waals surface area (Å²) in [6, 6.07) is 5.44. The van der Waals surface area contributed by atoms with Gasteiger partial charge in [0.15, 0.2) is 0 Å². The monoisotopic (exact) mass is 312 g/mol. The molecule has 0 aliphatic heterocycles. The van der Waals surface area contributed by atoms with E-state index in [0.29, 0.717) is 12.8 Å². The van der Waals surface area contributed by atoms with Gasteiger partial charge in [-0.2, -0.15) is 0 Å². The molecule has 0 unspecified atom stereocenters. The van der Waals surface area contributed by atoms with Crippen molar-refractivity contribution in [3.05, 3.63) is 29.8 Å². The van der Waals surface area contributed by atoms with E-state index >= 15 is 0 Å². The zero-order chi connectivity index (χ0) is 15.5. The summed E-state index contributed by atoms with van der Waals surface area (Å²) in [5.41, 5.74) is 4.60. The molecule has 1 fully saturated rings. The molecule has 0 spiro atoms. The lowest BCUT2D eigenvalue weighted by Crippen LogP contribution is -2.52. The molecule has 1 aromatic rings. The Morgan fingerprint density at radius 3 is 2.24 bits per heavy atom. The molecule has 0 saturated heterocycles. The molecule has 4 N–H and O–H groups in total. The predicted molar refractivity (Wildman–Crippen MR) is 78.2 cm³/mol. The molecule has 1 amide bonds. The Morgan fingerprint density at radius 2 is 1.76 bits per heavy atom. The van der Waals surface area contributed by atoms with Gasteiger partial charge in [0, 0.05) is 5.56 Å². The first-order valence-corrected chi connectivity index (χ1v) is 8.42. The van der Waals surface area contributed by atoms with E-state index in [1.54, 1.807) is 0 Å². The molecule has 1 aliphatic carbocycles. The number of hydrogen-bond donors (Lipinski definition) is 3. The number of amides is 1. The van der Waals surface area contributed by atoms with Crippen molar-refractivity contribution < 1.29 is 18.3 Å². The van der Waals surface area contributed by atoms with Crippen molar-refractivity contribution in [2.24, 2.45) is 5.73 Å². The highest BCUT2D eigenvalue weighted by atomic mass is 32.2. The number of nitrogens with one attached hydrogen (secondary N) is 1. The van der Waals surface area contributed by atoms with E-state index < -0.39 is 21.5 Å². The number of rotatable bonds is 5. The number of carbonyl (C=O) groups is 1. The molecule has 0 aromatic heterocycles. The van der Waals surface area contributed by atoms with Gasteiger partial charge in [-0.05, 0) is 37.1 Å². The van der Waals surface area contributed by atoms with Crippen LogP contribution in [0, 0.1) is 0 Å². The standard InChI is InChI=1S/C14H20N2O4S/c15-13(18)11-4-6-12(7-5-11)21(19,20)16-14(10-17)8-2-1-3-9-14/h4-7,16-17H,1-3,8-10H2,(H2,15,18). The number of primary amides is 1. The normalized spacial score (nSPS) is 18.3. The lowest BCUT2D eigenvalue weighted by Gasteiger charge is -2.36. The van der Waals surface area contributed by atoms with E-state index in [0.717, 1.165) is 19.3 Å². The van der Waals surface area contributed by atoms with Gasteiger partial charge in [-0.15, -0.1) is 0 Å². The fraction of sp³-hybridized carbons (Fsp3) is 0.500. The van der Waals surface area contributed by atoms with Crippen molar-refractivity contribution >= 4 is 15.9 Å². The van der Waals surface area contributed by atoms with Crippen LogP contribution >= 0.6 is 0 Å². The van der Waals surface area contributed by atoms with Crippen LogP contribution in [0.15, 0.2) is 29.2 Å². The fourth-order valence-corrected chi connectivity index (χ4v) is 4.11. The molecule has 1 aromatic carbocycles. The van der Waals surface area contributed by atoms with Crippen LogP contribution in [-0.4, -0.2) is 31.6 Å². The van der Waals surface area contributed by atoms with E-state index in [2.05, 4.69) is 4.72 Å². The third kappa shape index (κ3) is 3.61. The minimum atomic E-state index is -3.74. The number of nitrogens with two attached hydrogens (primary N) is 1. The predicted octanol–water partition coefficient (Wildman–Crippen LogP) is 0.759. The zero-order valence-electron chi connectivity index (χ0n) is 11.7. The third-order valence-electron chi connectivity index (χ3n) is 3.91. The van der Waals surface area contributed by atoms with Crippen molar-refractivity contribution in [1.82, 2.24) is 4.72 Å². The van der Waals surface area contributed by atoms with E-state index in [-0.39, 0.29) is 17.1 Å². The molecular weight excluding hydrogens is 292 g/mol. The van der Waals surface area contributed by atoms with E-state index in [4.69, 9.17) is 5.73 Å². The SMILES string of the molecule is NC(=O)c1ccc(S(=O)(=O)NC2(CO)CCCCC2)cc1. The van der Waals surface area contributed by atoms with Crippen LogP contribution in [-0.2, 0) is 10.0 Å². The highest BCUT2D eigenvalue weighted by molar-refractivity contribution is 7.89. The lowest BCUT2D eigenvalue weighted by molar-refractivity contribution is 0.1000. The van der Waals surface area contributed by atoms with Gasteiger partial charge in [0.25, 0.3) is 0 Å². The van der Waals surface area contributed by atoms with Gasteiger partial charge >= 0.3 is 0 Å². The van der Waals surface area contributed by atoms with E-state index in [1.165, 1.54) is 24.3 Å². The Labute approximate surface area is 124 Å². The minimum absolute atomic E-state index is 0.0610. The van der Waals surface area contributed by atoms with E-state index in [9.17, 15) is 18.3 Å². The Bertz CT molecular complexity index is 604. The second-order valence-corrected chi connectivity index (χ2v) is 7.18. The molecule has 6 nitrogen and oxygen atoms in total. The first-order valence-electron chi connectivity index (χ1n) is 6.93. The highest BCUT2D eigenvalue weighted by Crippen LogP contribution is 2.29. The second-order valence-electron chi connectivity index (χ2n) is 5.49. The quantitative estimate of drug-likeness (QED) is 0.745. The molecule has 0 bridgehead atoms. The van der Waals surface area contributed by atoms with E-state index in [1.807, 2.05) is 0 Å². The number of carbonyl (C=O) groups excluding carboxylic acids is 1. The topological polar surface area (TPSA) is 109 Å². The number of aliphatic hydroxyl groups excluding tert-OH is 1. The number of benzene rings is 1. The lowest BCUT2D eigenvalue weighted by atomic mass is 9.83. The summed E-state index contributed by atoms with van der Waals surface area (Å²) in [7, 11) is -3.74. The van der Waals surface area contributed by atoms with Crippen LogP contribution < -0.4 is 10.5 Å². The molecule has 116 valence electrons. The smallest absolute Gasteiger partial charge is 0.248 e. The van der Waals surface area contributed by atoms with Gasteiger partial charge in [0.05, 0.1) is 17.0 Å². The molecule has 0 heterocycles. The summed E-state index contributed by atoms with van der Waals surface area (Å²) in [4.78, 5) is 11.1. The maximum atomic E-state index is 12.4. The van der Waals surface area contributed by atoms with Gasteiger partial charge in [-0.1, -0.05) is 19.3 Å². The van der Waals surface area contributed by atoms with Crippen LogP contribution in [0.2, 0.25) is 0 Å². The highest BCUT2D eigenvalue weighted by Gasteiger charge is 2.35. The average Bonchev–Trinajstić information content (AvgIpc) is 2.48. The molecule has 1 aliphatic rings. The summed E-state index contributed by atoms with van der Waals surface area (Å²) < 4.78 is 27.4. The average molecular weight is 312 g/mol. The number of sulfonamides is 1. The van der Waals surface area contributed by atoms with Gasteiger partial charge in [0.1, 0.15) is 0 Å². The molecular formula is C14H20N2O4S. The summed E-state index contributed by atoms with van der Waals surface area (Å²) in [5, 5.41) is 9.58. The van der Waals surface area contributed by atoms with Gasteiger partial charge in [-0.3, -0.25) is 4.79 Å². The van der Waals surface area contributed by atoms with Crippen LogP contribution in [0.3, 0.4) is 0 Å². The molecule has 1 saturated carbocycles.